The van der Waals surface area contributed by atoms with Crippen LogP contribution in [0.2, 0.25) is 5.02 Å². The zero-order chi connectivity index (χ0) is 23.2. The second-order valence-corrected chi connectivity index (χ2v) is 8.44. The Labute approximate surface area is 203 Å². The fourth-order valence-electron chi connectivity index (χ4n) is 3.75. The molecule has 0 aliphatic carbocycles. The summed E-state index contributed by atoms with van der Waals surface area (Å²) in [6, 6.07) is 17.4. The number of rotatable bonds is 8. The van der Waals surface area contributed by atoms with Gasteiger partial charge < -0.3 is 19.5 Å². The lowest BCUT2D eigenvalue weighted by Crippen LogP contribution is -2.41. The number of halogens is 1. The van der Waals surface area contributed by atoms with Crippen LogP contribution in [-0.4, -0.2) is 47.4 Å². The Kier molecular flexibility index (Phi) is 7.14. The van der Waals surface area contributed by atoms with Gasteiger partial charge in [0, 0.05) is 42.0 Å². The fourth-order valence-corrected chi connectivity index (χ4v) is 3.98. The number of aromatic nitrogens is 3. The van der Waals surface area contributed by atoms with E-state index in [0.29, 0.717) is 35.9 Å². The molecule has 0 spiro atoms. The first kappa shape index (κ1) is 22.5. The van der Waals surface area contributed by atoms with Crippen molar-refractivity contribution >= 4 is 22.5 Å². The van der Waals surface area contributed by atoms with Crippen molar-refractivity contribution in [3.63, 3.8) is 0 Å². The van der Waals surface area contributed by atoms with Crippen molar-refractivity contribution in [3.8, 4) is 22.9 Å². The quantitative estimate of drug-likeness (QED) is 0.395. The maximum Gasteiger partial charge on any atom is 0.159 e. The normalized spacial score (nSPS) is 15.9. The van der Waals surface area contributed by atoms with Gasteiger partial charge in [0.2, 0.25) is 0 Å². The molecule has 1 aliphatic rings. The van der Waals surface area contributed by atoms with Gasteiger partial charge in [-0.3, -0.25) is 4.98 Å². The lowest BCUT2D eigenvalue weighted by molar-refractivity contribution is 0.0691. The van der Waals surface area contributed by atoms with Gasteiger partial charge in [0.1, 0.15) is 18.1 Å². The number of hydrogen-bond acceptors (Lipinski definition) is 7. The fraction of sp³-hybridized carbons (Fsp3) is 0.269. The van der Waals surface area contributed by atoms with Gasteiger partial charge in [-0.1, -0.05) is 17.7 Å². The Bertz CT molecular complexity index is 1250. The van der Waals surface area contributed by atoms with Crippen LogP contribution >= 0.6 is 11.6 Å². The van der Waals surface area contributed by atoms with Gasteiger partial charge in [-0.2, -0.15) is 0 Å². The van der Waals surface area contributed by atoms with E-state index in [1.54, 1.807) is 6.20 Å². The highest BCUT2D eigenvalue weighted by molar-refractivity contribution is 6.32. The molecule has 2 aromatic carbocycles. The number of ether oxygens (including phenoxy) is 3. The average Bonchev–Trinajstić information content (AvgIpc) is 2.89. The number of morpholine rings is 1. The van der Waals surface area contributed by atoms with Gasteiger partial charge in [-0.25, -0.2) is 9.97 Å². The van der Waals surface area contributed by atoms with Gasteiger partial charge in [0.25, 0.3) is 0 Å². The molecule has 8 heteroatoms. The largest absolute Gasteiger partial charge is 0.493 e. The van der Waals surface area contributed by atoms with Gasteiger partial charge in [0.15, 0.2) is 5.82 Å². The van der Waals surface area contributed by atoms with E-state index in [9.17, 15) is 0 Å². The first-order valence-electron chi connectivity index (χ1n) is 11.3. The first-order chi connectivity index (χ1) is 16.7. The molecule has 0 amide bonds. The van der Waals surface area contributed by atoms with E-state index < -0.39 is 0 Å². The van der Waals surface area contributed by atoms with E-state index in [1.165, 1.54) is 0 Å². The number of fused-ring (bicyclic) bond motifs is 1. The zero-order valence-electron chi connectivity index (χ0n) is 18.6. The number of pyridine rings is 1. The predicted octanol–water partition coefficient (Wildman–Crippen LogP) is 4.68. The minimum absolute atomic E-state index is 0.337. The predicted molar refractivity (Wildman–Crippen MR) is 131 cm³/mol. The van der Waals surface area contributed by atoms with Crippen LogP contribution < -0.4 is 14.8 Å². The van der Waals surface area contributed by atoms with Crippen LogP contribution in [0.5, 0.6) is 11.5 Å². The molecule has 2 aromatic heterocycles. The van der Waals surface area contributed by atoms with Gasteiger partial charge in [-0.15, -0.1) is 0 Å². The topological polar surface area (TPSA) is 78.4 Å². The summed E-state index contributed by atoms with van der Waals surface area (Å²) in [7, 11) is 0. The summed E-state index contributed by atoms with van der Waals surface area (Å²) in [5.74, 6) is 1.96. The van der Waals surface area contributed by atoms with E-state index in [1.807, 2.05) is 60.8 Å². The van der Waals surface area contributed by atoms with Crippen molar-refractivity contribution in [2.24, 2.45) is 0 Å². The lowest BCUT2D eigenvalue weighted by Gasteiger charge is -2.23. The summed E-state index contributed by atoms with van der Waals surface area (Å²) in [5.41, 5.74) is 2.46. The average molecular weight is 477 g/mol. The third-order valence-electron chi connectivity index (χ3n) is 5.58. The smallest absolute Gasteiger partial charge is 0.159 e. The standard InChI is InChI=1S/C26H25ClN4O3/c27-23-13-18(5-7-25(23)34-17-20-3-1-2-9-28-20)26-30-15-19-4-6-22(14-24(19)31-26)33-11-8-21-16-32-12-10-29-21/h1-7,9,13-15,21,29H,8,10-12,16-17H2. The second kappa shape index (κ2) is 10.8. The molecule has 1 aliphatic heterocycles. The van der Waals surface area contributed by atoms with Crippen molar-refractivity contribution in [2.45, 2.75) is 19.1 Å². The van der Waals surface area contributed by atoms with E-state index in [0.717, 1.165) is 54.1 Å². The van der Waals surface area contributed by atoms with Gasteiger partial charge in [0.05, 0.1) is 36.1 Å². The zero-order valence-corrected chi connectivity index (χ0v) is 19.4. The molecular weight excluding hydrogens is 452 g/mol. The summed E-state index contributed by atoms with van der Waals surface area (Å²) in [6.45, 7) is 3.35. The maximum absolute atomic E-state index is 6.48. The highest BCUT2D eigenvalue weighted by Gasteiger charge is 2.13. The number of nitrogens with zero attached hydrogens (tertiary/aromatic N) is 3. The lowest BCUT2D eigenvalue weighted by atomic mass is 10.2. The number of benzene rings is 2. The molecule has 0 bridgehead atoms. The Hall–Kier alpha value is -3.26. The SMILES string of the molecule is Clc1cc(-c2ncc3ccc(OCCC4COCCN4)cc3n2)ccc1OCc1ccccn1. The van der Waals surface area contributed by atoms with Crippen LogP contribution in [0.15, 0.2) is 67.0 Å². The molecular formula is C26H25ClN4O3. The highest BCUT2D eigenvalue weighted by Crippen LogP contribution is 2.30. The summed E-state index contributed by atoms with van der Waals surface area (Å²) in [4.78, 5) is 13.5. The minimum atomic E-state index is 0.337. The van der Waals surface area contributed by atoms with Gasteiger partial charge >= 0.3 is 0 Å². The van der Waals surface area contributed by atoms with Crippen molar-refractivity contribution < 1.29 is 14.2 Å². The van der Waals surface area contributed by atoms with Crippen molar-refractivity contribution in [1.82, 2.24) is 20.3 Å². The van der Waals surface area contributed by atoms with E-state index in [-0.39, 0.29) is 0 Å². The Morgan fingerprint density at radius 3 is 2.85 bits per heavy atom. The molecule has 174 valence electrons. The van der Waals surface area contributed by atoms with Gasteiger partial charge in [-0.05, 0) is 48.9 Å². The first-order valence-corrected chi connectivity index (χ1v) is 11.7. The van der Waals surface area contributed by atoms with E-state index in [2.05, 4.69) is 15.3 Å². The molecule has 0 saturated carbocycles. The third kappa shape index (κ3) is 5.62. The molecule has 1 saturated heterocycles. The molecule has 1 atom stereocenters. The van der Waals surface area contributed by atoms with E-state index in [4.69, 9.17) is 30.8 Å². The molecule has 1 fully saturated rings. The molecule has 5 rings (SSSR count). The van der Waals surface area contributed by atoms with Crippen LogP contribution in [0.25, 0.3) is 22.3 Å². The molecule has 7 nitrogen and oxygen atoms in total. The number of nitrogens with one attached hydrogen (secondary N) is 1. The molecule has 4 aromatic rings. The van der Waals surface area contributed by atoms with Crippen molar-refractivity contribution in [2.75, 3.05) is 26.4 Å². The minimum Gasteiger partial charge on any atom is -0.493 e. The van der Waals surface area contributed by atoms with Crippen molar-refractivity contribution in [3.05, 3.63) is 77.7 Å². The summed E-state index contributed by atoms with van der Waals surface area (Å²) < 4.78 is 17.3. The van der Waals surface area contributed by atoms with Crippen LogP contribution in [0, 0.1) is 0 Å². The molecule has 1 unspecified atom stereocenters. The van der Waals surface area contributed by atoms with Crippen LogP contribution in [-0.2, 0) is 11.3 Å². The maximum atomic E-state index is 6.48. The molecule has 1 N–H and O–H groups in total. The Morgan fingerprint density at radius 2 is 2.03 bits per heavy atom. The molecule has 34 heavy (non-hydrogen) atoms. The highest BCUT2D eigenvalue weighted by atomic mass is 35.5. The monoisotopic (exact) mass is 476 g/mol. The van der Waals surface area contributed by atoms with Crippen molar-refractivity contribution in [1.29, 1.82) is 0 Å². The Balaban J connectivity index is 1.26. The summed E-state index contributed by atoms with van der Waals surface area (Å²) in [5, 5.41) is 4.88. The van der Waals surface area contributed by atoms with Crippen LogP contribution in [0.3, 0.4) is 0 Å². The van der Waals surface area contributed by atoms with Crippen LogP contribution in [0.4, 0.5) is 0 Å². The van der Waals surface area contributed by atoms with Crippen LogP contribution in [0.1, 0.15) is 12.1 Å². The molecule has 3 heterocycles. The summed E-state index contributed by atoms with van der Waals surface area (Å²) >= 11 is 6.48. The summed E-state index contributed by atoms with van der Waals surface area (Å²) in [6.07, 6.45) is 4.43. The Morgan fingerprint density at radius 1 is 1.06 bits per heavy atom. The third-order valence-corrected chi connectivity index (χ3v) is 5.87. The second-order valence-electron chi connectivity index (χ2n) is 8.03. The van der Waals surface area contributed by atoms with E-state index >= 15 is 0 Å². The number of hydrogen-bond donors (Lipinski definition) is 1. The molecule has 0 radical (unpaired) electrons.